The Balaban J connectivity index is 1.29. The zero-order chi connectivity index (χ0) is 30.8. The predicted octanol–water partition coefficient (Wildman–Crippen LogP) is 4.47. The van der Waals surface area contributed by atoms with Crippen LogP contribution < -0.4 is 14.8 Å². The first kappa shape index (κ1) is 32.2. The third-order valence-corrected chi connectivity index (χ3v) is 10.8. The third-order valence-electron chi connectivity index (χ3n) is 7.12. The molecule has 13 heteroatoms. The average molecular weight is 656 g/mol. The molecule has 44 heavy (non-hydrogen) atoms. The lowest BCUT2D eigenvalue weighted by molar-refractivity contribution is 0.0948. The molecule has 1 saturated heterocycles. The van der Waals surface area contributed by atoms with Gasteiger partial charge in [-0.3, -0.25) is 4.79 Å². The first-order chi connectivity index (χ1) is 21.4. The standard InChI is InChI=1S/C31H37N5O5S3/c1-40-13-14-41-25-17-24-18-28(34-30(24)27(19-25)35-43-29-9-5-6-10-32-29)31(37)33-20-26(42-22-23-7-3-2-4-8-23)21-36-11-15-44(38,39)16-12-36/h2-10,17-19,26,34-35H,11-16,20-22H2,1H3,(H,33,37). The number of pyridine rings is 1. The van der Waals surface area contributed by atoms with Gasteiger partial charge in [0.2, 0.25) is 0 Å². The van der Waals surface area contributed by atoms with Gasteiger partial charge >= 0.3 is 0 Å². The average Bonchev–Trinajstić information content (AvgIpc) is 3.48. The molecule has 3 N–H and O–H groups in total. The molecule has 1 atom stereocenters. The Bertz CT molecular complexity index is 1610. The number of hydrogen-bond acceptors (Lipinski definition) is 10. The van der Waals surface area contributed by atoms with Crippen LogP contribution in [0.25, 0.3) is 10.9 Å². The van der Waals surface area contributed by atoms with Gasteiger partial charge in [0, 0.05) is 73.9 Å². The van der Waals surface area contributed by atoms with Crippen molar-refractivity contribution in [3.63, 3.8) is 0 Å². The van der Waals surface area contributed by atoms with Crippen LogP contribution in [-0.2, 0) is 20.3 Å². The first-order valence-electron chi connectivity index (χ1n) is 14.4. The number of carbonyl (C=O) groups is 1. The lowest BCUT2D eigenvalue weighted by atomic mass is 10.2. The Morgan fingerprint density at radius 3 is 2.61 bits per heavy atom. The molecule has 0 saturated carbocycles. The SMILES string of the molecule is COCCOc1cc(NSc2ccccn2)c2[nH]c(C(=O)NCC(CN3CCS(=O)(=O)CC3)SCc3ccccc3)cc2c1. The van der Waals surface area contributed by atoms with E-state index in [9.17, 15) is 13.2 Å². The van der Waals surface area contributed by atoms with Crippen molar-refractivity contribution in [3.05, 3.63) is 84.2 Å². The highest BCUT2D eigenvalue weighted by molar-refractivity contribution is 8.00. The van der Waals surface area contributed by atoms with Gasteiger partial charge < -0.3 is 29.4 Å². The minimum atomic E-state index is -2.96. The summed E-state index contributed by atoms with van der Waals surface area (Å²) in [7, 11) is -1.34. The molecule has 0 spiro atoms. The number of thioether (sulfide) groups is 1. The summed E-state index contributed by atoms with van der Waals surface area (Å²) in [4.78, 5) is 23.3. The number of fused-ring (bicyclic) bond motifs is 1. The Hall–Kier alpha value is -3.23. The summed E-state index contributed by atoms with van der Waals surface area (Å²) in [5.74, 6) is 1.60. The zero-order valence-corrected chi connectivity index (χ0v) is 27.0. The molecule has 2 aromatic carbocycles. The van der Waals surface area contributed by atoms with Crippen LogP contribution in [0.3, 0.4) is 0 Å². The topological polar surface area (TPSA) is 126 Å². The third kappa shape index (κ3) is 9.38. The normalized spacial score (nSPS) is 15.6. The van der Waals surface area contributed by atoms with Crippen molar-refractivity contribution in [2.24, 2.45) is 0 Å². The molecule has 1 aliphatic heterocycles. The van der Waals surface area contributed by atoms with E-state index in [2.05, 4.69) is 37.0 Å². The summed E-state index contributed by atoms with van der Waals surface area (Å²) >= 11 is 3.14. The van der Waals surface area contributed by atoms with Crippen molar-refractivity contribution in [3.8, 4) is 5.75 Å². The van der Waals surface area contributed by atoms with Crippen molar-refractivity contribution in [2.75, 3.05) is 62.7 Å². The molecule has 0 aliphatic carbocycles. The second-order valence-corrected chi connectivity index (χ2v) is 14.8. The second kappa shape index (κ2) is 15.7. The van der Waals surface area contributed by atoms with Crippen molar-refractivity contribution in [1.29, 1.82) is 0 Å². The van der Waals surface area contributed by atoms with Crippen LogP contribution in [0.15, 0.2) is 78.0 Å². The van der Waals surface area contributed by atoms with Crippen LogP contribution in [-0.4, -0.2) is 92.5 Å². The second-order valence-electron chi connectivity index (χ2n) is 10.4. The summed E-state index contributed by atoms with van der Waals surface area (Å²) in [5, 5.41) is 4.84. The maximum Gasteiger partial charge on any atom is 0.267 e. The number of nitrogens with zero attached hydrogens (tertiary/aromatic N) is 2. The van der Waals surface area contributed by atoms with Gasteiger partial charge in [-0.2, -0.15) is 11.8 Å². The quantitative estimate of drug-likeness (QED) is 0.125. The summed E-state index contributed by atoms with van der Waals surface area (Å²) < 4.78 is 38.3. The lowest BCUT2D eigenvalue weighted by Crippen LogP contribution is -2.45. The number of aromatic nitrogens is 2. The molecule has 5 rings (SSSR count). The van der Waals surface area contributed by atoms with Gasteiger partial charge in [-0.25, -0.2) is 13.4 Å². The number of H-pyrrole nitrogens is 1. The number of anilines is 1. The van der Waals surface area contributed by atoms with Crippen LogP contribution >= 0.6 is 23.7 Å². The van der Waals surface area contributed by atoms with E-state index in [0.29, 0.717) is 50.8 Å². The number of ether oxygens (including phenoxy) is 2. The van der Waals surface area contributed by atoms with E-state index in [-0.39, 0.29) is 22.7 Å². The molecule has 1 aliphatic rings. The zero-order valence-electron chi connectivity index (χ0n) is 24.5. The van der Waals surface area contributed by atoms with Gasteiger partial charge in [-0.15, -0.1) is 0 Å². The van der Waals surface area contributed by atoms with Crippen LogP contribution in [0.5, 0.6) is 5.75 Å². The van der Waals surface area contributed by atoms with Gasteiger partial charge in [0.05, 0.1) is 29.3 Å². The molecule has 10 nitrogen and oxygen atoms in total. The number of rotatable bonds is 15. The van der Waals surface area contributed by atoms with Crippen molar-refractivity contribution in [1.82, 2.24) is 20.2 Å². The summed E-state index contributed by atoms with van der Waals surface area (Å²) in [6, 6.07) is 21.5. The van der Waals surface area contributed by atoms with Gasteiger partial charge in [0.1, 0.15) is 23.1 Å². The van der Waals surface area contributed by atoms with Crippen LogP contribution in [0, 0.1) is 0 Å². The number of hydrogen-bond donors (Lipinski definition) is 3. The lowest BCUT2D eigenvalue weighted by Gasteiger charge is -2.30. The molecule has 1 amide bonds. The number of amides is 1. The van der Waals surface area contributed by atoms with Gasteiger partial charge in [-0.05, 0) is 29.8 Å². The smallest absolute Gasteiger partial charge is 0.267 e. The molecular formula is C31H37N5O5S3. The predicted molar refractivity (Wildman–Crippen MR) is 178 cm³/mol. The molecule has 4 aromatic rings. The summed E-state index contributed by atoms with van der Waals surface area (Å²) in [6.07, 6.45) is 1.74. The fraction of sp³-hybridized carbons (Fsp3) is 0.355. The van der Waals surface area contributed by atoms with E-state index in [1.165, 1.54) is 17.5 Å². The summed E-state index contributed by atoms with van der Waals surface area (Å²) in [5.41, 5.74) is 3.19. The highest BCUT2D eigenvalue weighted by Gasteiger charge is 2.25. The van der Waals surface area contributed by atoms with Crippen molar-refractivity contribution >= 4 is 56.0 Å². The van der Waals surface area contributed by atoms with E-state index in [1.54, 1.807) is 25.1 Å². The molecule has 2 aromatic heterocycles. The number of nitrogens with one attached hydrogen (secondary N) is 3. The van der Waals surface area contributed by atoms with Crippen LogP contribution in [0.2, 0.25) is 0 Å². The maximum absolute atomic E-state index is 13.4. The van der Waals surface area contributed by atoms with E-state index < -0.39 is 9.84 Å². The largest absolute Gasteiger partial charge is 0.491 e. The Morgan fingerprint density at radius 2 is 1.86 bits per heavy atom. The fourth-order valence-electron chi connectivity index (χ4n) is 4.75. The van der Waals surface area contributed by atoms with E-state index in [4.69, 9.17) is 9.47 Å². The molecule has 1 fully saturated rings. The van der Waals surface area contributed by atoms with Crippen LogP contribution in [0.4, 0.5) is 5.69 Å². The number of methoxy groups -OCH3 is 1. The van der Waals surface area contributed by atoms with Crippen LogP contribution in [0.1, 0.15) is 16.1 Å². The molecule has 0 bridgehead atoms. The molecular weight excluding hydrogens is 619 g/mol. The number of sulfone groups is 1. The molecule has 1 unspecified atom stereocenters. The highest BCUT2D eigenvalue weighted by atomic mass is 32.2. The van der Waals surface area contributed by atoms with E-state index in [1.807, 2.05) is 54.6 Å². The molecule has 3 heterocycles. The van der Waals surface area contributed by atoms with E-state index in [0.717, 1.165) is 27.4 Å². The minimum absolute atomic E-state index is 0.0807. The monoisotopic (exact) mass is 655 g/mol. The Kier molecular flexibility index (Phi) is 11.5. The van der Waals surface area contributed by atoms with E-state index >= 15 is 0 Å². The number of benzene rings is 2. The minimum Gasteiger partial charge on any atom is -0.491 e. The first-order valence-corrected chi connectivity index (χ1v) is 18.1. The maximum atomic E-state index is 13.4. The number of carbonyl (C=O) groups excluding carboxylic acids is 1. The molecule has 234 valence electrons. The Morgan fingerprint density at radius 1 is 1.07 bits per heavy atom. The van der Waals surface area contributed by atoms with Gasteiger partial charge in [-0.1, -0.05) is 36.4 Å². The molecule has 0 radical (unpaired) electrons. The fourth-order valence-corrected chi connectivity index (χ4v) is 7.80. The highest BCUT2D eigenvalue weighted by Crippen LogP contribution is 2.32. The number of aromatic amines is 1. The Labute approximate surface area is 266 Å². The summed E-state index contributed by atoms with van der Waals surface area (Å²) in [6.45, 7) is 3.03. The van der Waals surface area contributed by atoms with Crippen molar-refractivity contribution in [2.45, 2.75) is 16.0 Å². The van der Waals surface area contributed by atoms with Gasteiger partial charge in [0.15, 0.2) is 9.84 Å². The van der Waals surface area contributed by atoms with Crippen molar-refractivity contribution < 1.29 is 22.7 Å². The van der Waals surface area contributed by atoms with Gasteiger partial charge in [0.25, 0.3) is 5.91 Å².